The lowest BCUT2D eigenvalue weighted by atomic mass is 9.60. The summed E-state index contributed by atoms with van der Waals surface area (Å²) in [5, 5.41) is 0. The molecule has 1 heteroatoms. The van der Waals surface area contributed by atoms with Gasteiger partial charge in [0.25, 0.3) is 0 Å². The predicted molar refractivity (Wildman–Crippen MR) is 67.3 cm³/mol. The first kappa shape index (κ1) is 12.4. The van der Waals surface area contributed by atoms with Crippen LogP contribution in [0.4, 0.5) is 0 Å². The highest BCUT2D eigenvalue weighted by Crippen LogP contribution is 2.47. The average molecular weight is 207 g/mol. The Morgan fingerprint density at radius 2 is 2.20 bits per heavy atom. The lowest BCUT2D eigenvalue weighted by Crippen LogP contribution is -2.38. The fourth-order valence-corrected chi connectivity index (χ4v) is 2.85. The van der Waals surface area contributed by atoms with Crippen molar-refractivity contribution in [2.24, 2.45) is 29.4 Å². The smallest absolute Gasteiger partial charge is 0.00114 e. The van der Waals surface area contributed by atoms with Crippen molar-refractivity contribution in [2.45, 2.75) is 40.5 Å². The molecule has 0 aromatic rings. The summed E-state index contributed by atoms with van der Waals surface area (Å²) in [4.78, 5) is 0. The van der Waals surface area contributed by atoms with E-state index in [0.717, 1.165) is 23.5 Å². The van der Waals surface area contributed by atoms with Gasteiger partial charge in [-0.2, -0.15) is 0 Å². The fourth-order valence-electron chi connectivity index (χ4n) is 2.85. The molecule has 86 valence electrons. The van der Waals surface area contributed by atoms with E-state index in [0.29, 0.717) is 5.92 Å². The van der Waals surface area contributed by atoms with E-state index in [1.165, 1.54) is 12.8 Å². The zero-order chi connectivity index (χ0) is 11.4. The second-order valence-electron chi connectivity index (χ2n) is 4.96. The summed E-state index contributed by atoms with van der Waals surface area (Å²) in [6.07, 6.45) is 9.43. The molecule has 15 heavy (non-hydrogen) atoms. The van der Waals surface area contributed by atoms with Crippen LogP contribution in [0.2, 0.25) is 0 Å². The van der Waals surface area contributed by atoms with E-state index in [-0.39, 0.29) is 0 Å². The van der Waals surface area contributed by atoms with E-state index >= 15 is 0 Å². The van der Waals surface area contributed by atoms with E-state index < -0.39 is 0 Å². The quantitative estimate of drug-likeness (QED) is 0.698. The summed E-state index contributed by atoms with van der Waals surface area (Å²) in [6, 6.07) is 0. The van der Waals surface area contributed by atoms with Crippen molar-refractivity contribution in [1.29, 1.82) is 0 Å². The summed E-state index contributed by atoms with van der Waals surface area (Å²) >= 11 is 0. The van der Waals surface area contributed by atoms with Crippen LogP contribution < -0.4 is 5.73 Å². The Morgan fingerprint density at radius 3 is 2.60 bits per heavy atom. The van der Waals surface area contributed by atoms with Gasteiger partial charge in [-0.3, -0.25) is 0 Å². The Labute approximate surface area is 94.4 Å². The lowest BCUT2D eigenvalue weighted by molar-refractivity contribution is 0.0870. The van der Waals surface area contributed by atoms with Gasteiger partial charge in [0.2, 0.25) is 0 Å². The van der Waals surface area contributed by atoms with Gasteiger partial charge >= 0.3 is 0 Å². The summed E-state index contributed by atoms with van der Waals surface area (Å²) in [5.41, 5.74) is 6.76. The molecule has 1 aliphatic carbocycles. The van der Waals surface area contributed by atoms with Gasteiger partial charge < -0.3 is 5.73 Å². The number of hydrogen-bond acceptors (Lipinski definition) is 1. The summed E-state index contributed by atoms with van der Waals surface area (Å²) in [7, 11) is 0. The minimum Gasteiger partial charge on any atom is -0.403 e. The van der Waals surface area contributed by atoms with Crippen LogP contribution in [0.3, 0.4) is 0 Å². The molecule has 1 aliphatic rings. The maximum absolute atomic E-state index is 5.79. The van der Waals surface area contributed by atoms with Crippen LogP contribution in [0.25, 0.3) is 0 Å². The molecule has 4 atom stereocenters. The SMILES string of the molecule is C/C=C\C(CC)C1CC(C)C1/C=C(/C)N. The van der Waals surface area contributed by atoms with Crippen molar-refractivity contribution in [3.63, 3.8) is 0 Å². The highest BCUT2D eigenvalue weighted by Gasteiger charge is 2.39. The summed E-state index contributed by atoms with van der Waals surface area (Å²) in [6.45, 7) is 8.73. The number of hydrogen-bond donors (Lipinski definition) is 1. The van der Waals surface area contributed by atoms with E-state index in [1.54, 1.807) is 0 Å². The fraction of sp³-hybridized carbons (Fsp3) is 0.714. The third-order valence-electron chi connectivity index (χ3n) is 3.71. The first-order chi connectivity index (χ1) is 7.10. The zero-order valence-corrected chi connectivity index (χ0v) is 10.5. The van der Waals surface area contributed by atoms with Crippen LogP contribution in [0.15, 0.2) is 23.9 Å². The maximum Gasteiger partial charge on any atom is 0.00114 e. The molecule has 0 aromatic carbocycles. The average Bonchev–Trinajstić information content (AvgIpc) is 2.20. The Morgan fingerprint density at radius 1 is 1.53 bits per heavy atom. The molecule has 0 aromatic heterocycles. The minimum atomic E-state index is 0.705. The van der Waals surface area contributed by atoms with Gasteiger partial charge in [0.1, 0.15) is 0 Å². The molecular formula is C14H25N. The first-order valence-electron chi connectivity index (χ1n) is 6.16. The summed E-state index contributed by atoms with van der Waals surface area (Å²) < 4.78 is 0. The van der Waals surface area contributed by atoms with Crippen molar-refractivity contribution in [3.05, 3.63) is 23.9 Å². The van der Waals surface area contributed by atoms with Crippen molar-refractivity contribution < 1.29 is 0 Å². The van der Waals surface area contributed by atoms with Gasteiger partial charge in [0.15, 0.2) is 0 Å². The molecule has 1 saturated carbocycles. The molecule has 0 bridgehead atoms. The summed E-state index contributed by atoms with van der Waals surface area (Å²) in [5.74, 6) is 3.08. The van der Waals surface area contributed by atoms with E-state index in [4.69, 9.17) is 5.73 Å². The molecule has 0 saturated heterocycles. The molecule has 0 aliphatic heterocycles. The molecule has 2 N–H and O–H groups in total. The van der Waals surface area contributed by atoms with Crippen molar-refractivity contribution in [1.82, 2.24) is 0 Å². The van der Waals surface area contributed by atoms with Crippen LogP contribution >= 0.6 is 0 Å². The minimum absolute atomic E-state index is 0.705. The number of nitrogens with two attached hydrogens (primary N) is 1. The Bertz CT molecular complexity index is 248. The largest absolute Gasteiger partial charge is 0.403 e. The molecule has 1 nitrogen and oxygen atoms in total. The second kappa shape index (κ2) is 5.39. The predicted octanol–water partition coefficient (Wildman–Crippen LogP) is 3.72. The van der Waals surface area contributed by atoms with Gasteiger partial charge in [0, 0.05) is 5.70 Å². The first-order valence-corrected chi connectivity index (χ1v) is 6.16. The number of rotatable bonds is 4. The van der Waals surface area contributed by atoms with Crippen LogP contribution in [-0.4, -0.2) is 0 Å². The Hall–Kier alpha value is -0.720. The third-order valence-corrected chi connectivity index (χ3v) is 3.71. The zero-order valence-electron chi connectivity index (χ0n) is 10.5. The van der Waals surface area contributed by atoms with E-state index in [2.05, 4.69) is 39.0 Å². The molecule has 0 amide bonds. The van der Waals surface area contributed by atoms with Crippen LogP contribution in [0, 0.1) is 23.7 Å². The van der Waals surface area contributed by atoms with Gasteiger partial charge in [-0.15, -0.1) is 0 Å². The highest BCUT2D eigenvalue weighted by atomic mass is 14.6. The van der Waals surface area contributed by atoms with E-state index in [1.807, 2.05) is 6.92 Å². The van der Waals surface area contributed by atoms with Crippen molar-refractivity contribution >= 4 is 0 Å². The van der Waals surface area contributed by atoms with E-state index in [9.17, 15) is 0 Å². The Kier molecular flexibility index (Phi) is 4.44. The molecule has 4 unspecified atom stereocenters. The lowest BCUT2D eigenvalue weighted by Gasteiger charge is -2.45. The normalized spacial score (nSPS) is 34.1. The molecular weight excluding hydrogens is 182 g/mol. The monoisotopic (exact) mass is 207 g/mol. The standard InChI is InChI=1S/C14H25N/c1-5-7-12(6-2)14-8-10(3)13(14)9-11(4)15/h5,7,9-10,12-14H,6,8,15H2,1-4H3/b7-5-,11-9-. The molecule has 0 radical (unpaired) electrons. The van der Waals surface area contributed by atoms with Crippen LogP contribution in [0.5, 0.6) is 0 Å². The number of allylic oxidation sites excluding steroid dienone is 4. The maximum atomic E-state index is 5.79. The van der Waals surface area contributed by atoms with Crippen molar-refractivity contribution in [2.75, 3.05) is 0 Å². The van der Waals surface area contributed by atoms with Gasteiger partial charge in [0.05, 0.1) is 0 Å². The Balaban J connectivity index is 2.67. The van der Waals surface area contributed by atoms with Gasteiger partial charge in [-0.05, 0) is 50.4 Å². The van der Waals surface area contributed by atoms with Crippen LogP contribution in [0.1, 0.15) is 40.5 Å². The van der Waals surface area contributed by atoms with Gasteiger partial charge in [-0.1, -0.05) is 32.1 Å². The molecule has 0 heterocycles. The second-order valence-corrected chi connectivity index (χ2v) is 4.96. The third kappa shape index (κ3) is 2.87. The topological polar surface area (TPSA) is 26.0 Å². The highest BCUT2D eigenvalue weighted by molar-refractivity contribution is 5.08. The van der Waals surface area contributed by atoms with Gasteiger partial charge in [-0.25, -0.2) is 0 Å². The molecule has 0 spiro atoms. The molecule has 1 fully saturated rings. The van der Waals surface area contributed by atoms with Crippen LogP contribution in [-0.2, 0) is 0 Å². The molecule has 1 rings (SSSR count). The van der Waals surface area contributed by atoms with Crippen molar-refractivity contribution in [3.8, 4) is 0 Å².